The molecule has 0 N–H and O–H groups in total. The van der Waals surface area contributed by atoms with Crippen LogP contribution in [0.25, 0.3) is 11.0 Å². The number of aromatic nitrogens is 3. The van der Waals surface area contributed by atoms with Gasteiger partial charge in [-0.1, -0.05) is 18.2 Å². The first-order chi connectivity index (χ1) is 16.2. The van der Waals surface area contributed by atoms with Gasteiger partial charge in [-0.25, -0.2) is 14.4 Å². The van der Waals surface area contributed by atoms with Crippen molar-refractivity contribution in [1.82, 2.24) is 14.5 Å². The molecule has 0 atom stereocenters. The highest BCUT2D eigenvalue weighted by Gasteiger charge is 2.23. The third-order valence-electron chi connectivity index (χ3n) is 6.14. The first-order valence-electron chi connectivity index (χ1n) is 11.7. The number of rotatable bonds is 8. The molecule has 0 radical (unpaired) electrons. The van der Waals surface area contributed by atoms with E-state index in [2.05, 4.69) is 11.5 Å². The van der Waals surface area contributed by atoms with Gasteiger partial charge in [0.1, 0.15) is 17.4 Å². The monoisotopic (exact) mass is 461 g/mol. The topological polar surface area (TPSA) is 39.9 Å². The zero-order chi connectivity index (χ0) is 22.6. The van der Waals surface area contributed by atoms with Gasteiger partial charge in [0.15, 0.2) is 5.52 Å². The predicted octanol–water partition coefficient (Wildman–Crippen LogP) is 7.12. The lowest BCUT2D eigenvalue weighted by atomic mass is 9.95. The van der Waals surface area contributed by atoms with E-state index in [0.29, 0.717) is 5.88 Å². The highest BCUT2D eigenvalue weighted by Crippen LogP contribution is 2.35. The van der Waals surface area contributed by atoms with Crippen molar-refractivity contribution in [3.05, 3.63) is 77.5 Å². The van der Waals surface area contributed by atoms with E-state index in [1.807, 2.05) is 42.5 Å². The fourth-order valence-electron chi connectivity index (χ4n) is 4.50. The van der Waals surface area contributed by atoms with Gasteiger partial charge in [-0.05, 0) is 93.2 Å². The standard InChI is InChI=1S/C27H28FN3OS/c1-19-29-25-26(31(19)17-7-8-18-33-22-15-13-20(28)14-16-22)23-11-5-6-12-24(23)30-27(25)32-21-9-3-2-4-10-21/h2-4,9-10,13-16H,5-8,11-12,17-18H2,1H3. The van der Waals surface area contributed by atoms with Crippen molar-refractivity contribution in [2.24, 2.45) is 0 Å². The average molecular weight is 462 g/mol. The van der Waals surface area contributed by atoms with E-state index in [1.54, 1.807) is 11.8 Å². The Morgan fingerprint density at radius 1 is 0.970 bits per heavy atom. The van der Waals surface area contributed by atoms with Gasteiger partial charge in [-0.2, -0.15) is 0 Å². The SMILES string of the molecule is Cc1nc2c(Oc3ccccc3)nc3c(c2n1CCCCSc1ccc(F)cc1)CCCC3. The summed E-state index contributed by atoms with van der Waals surface area (Å²) in [6.07, 6.45) is 6.56. The lowest BCUT2D eigenvalue weighted by molar-refractivity contribution is 0.463. The van der Waals surface area contributed by atoms with Crippen LogP contribution in [0.3, 0.4) is 0 Å². The highest BCUT2D eigenvalue weighted by atomic mass is 32.2. The summed E-state index contributed by atoms with van der Waals surface area (Å²) in [4.78, 5) is 10.9. The molecule has 0 saturated heterocycles. The smallest absolute Gasteiger partial charge is 0.247 e. The Labute approximate surface area is 198 Å². The van der Waals surface area contributed by atoms with Crippen molar-refractivity contribution in [3.8, 4) is 11.6 Å². The number of pyridine rings is 1. The van der Waals surface area contributed by atoms with E-state index in [-0.39, 0.29) is 5.82 Å². The molecule has 1 aliphatic rings. The molecule has 2 aromatic carbocycles. The van der Waals surface area contributed by atoms with E-state index in [0.717, 1.165) is 65.7 Å². The molecule has 0 fully saturated rings. The Balaban J connectivity index is 1.36. The molecule has 2 aromatic heterocycles. The first kappa shape index (κ1) is 22.0. The summed E-state index contributed by atoms with van der Waals surface area (Å²) < 4.78 is 21.7. The van der Waals surface area contributed by atoms with Gasteiger partial charge in [-0.3, -0.25) is 0 Å². The normalized spacial score (nSPS) is 13.3. The minimum atomic E-state index is -0.185. The molecule has 1 aliphatic carbocycles. The molecular formula is C27H28FN3OS. The molecule has 5 rings (SSSR count). The number of para-hydroxylation sites is 1. The van der Waals surface area contributed by atoms with Crippen molar-refractivity contribution >= 4 is 22.8 Å². The summed E-state index contributed by atoms with van der Waals surface area (Å²) in [6.45, 7) is 3.00. The van der Waals surface area contributed by atoms with Crippen LogP contribution in [-0.4, -0.2) is 20.3 Å². The Morgan fingerprint density at radius 2 is 1.76 bits per heavy atom. The number of ether oxygens (including phenoxy) is 1. The van der Waals surface area contributed by atoms with Gasteiger partial charge in [0, 0.05) is 17.1 Å². The molecule has 33 heavy (non-hydrogen) atoms. The molecule has 6 heteroatoms. The Kier molecular flexibility index (Phi) is 6.63. The maximum absolute atomic E-state index is 13.1. The molecule has 4 aromatic rings. The van der Waals surface area contributed by atoms with Gasteiger partial charge < -0.3 is 9.30 Å². The fourth-order valence-corrected chi connectivity index (χ4v) is 5.41. The van der Waals surface area contributed by atoms with Gasteiger partial charge in [-0.15, -0.1) is 11.8 Å². The molecule has 0 bridgehead atoms. The maximum Gasteiger partial charge on any atom is 0.247 e. The second kappa shape index (κ2) is 9.96. The third kappa shape index (κ3) is 4.91. The molecule has 2 heterocycles. The molecule has 4 nitrogen and oxygen atoms in total. The fraction of sp³-hybridized carbons (Fsp3) is 0.333. The van der Waals surface area contributed by atoms with Crippen molar-refractivity contribution in [3.63, 3.8) is 0 Å². The molecule has 0 unspecified atom stereocenters. The number of hydrogen-bond donors (Lipinski definition) is 0. The van der Waals surface area contributed by atoms with Gasteiger partial charge in [0.2, 0.25) is 5.88 Å². The number of halogens is 1. The summed E-state index contributed by atoms with van der Waals surface area (Å²) in [5, 5.41) is 0. The predicted molar refractivity (Wildman–Crippen MR) is 132 cm³/mol. The van der Waals surface area contributed by atoms with Crippen LogP contribution in [0.2, 0.25) is 0 Å². The van der Waals surface area contributed by atoms with E-state index >= 15 is 0 Å². The molecule has 0 aliphatic heterocycles. The summed E-state index contributed by atoms with van der Waals surface area (Å²) in [7, 11) is 0. The van der Waals surface area contributed by atoms with Crippen LogP contribution >= 0.6 is 11.8 Å². The Bertz CT molecular complexity index is 1240. The van der Waals surface area contributed by atoms with E-state index in [1.165, 1.54) is 36.1 Å². The summed E-state index contributed by atoms with van der Waals surface area (Å²) in [6, 6.07) is 16.6. The summed E-state index contributed by atoms with van der Waals surface area (Å²) >= 11 is 1.78. The zero-order valence-electron chi connectivity index (χ0n) is 18.9. The molecular weight excluding hydrogens is 433 g/mol. The maximum atomic E-state index is 13.1. The summed E-state index contributed by atoms with van der Waals surface area (Å²) in [5.74, 6) is 3.24. The second-order valence-corrected chi connectivity index (χ2v) is 9.65. The molecule has 0 amide bonds. The van der Waals surface area contributed by atoms with Crippen LogP contribution in [0, 0.1) is 12.7 Å². The number of unbranched alkanes of at least 4 members (excludes halogenated alkanes) is 1. The quantitative estimate of drug-likeness (QED) is 0.207. The minimum absolute atomic E-state index is 0.185. The number of imidazole rings is 1. The number of nitrogens with zero attached hydrogens (tertiary/aromatic N) is 3. The van der Waals surface area contributed by atoms with E-state index in [4.69, 9.17) is 14.7 Å². The van der Waals surface area contributed by atoms with Gasteiger partial charge in [0.05, 0.1) is 5.52 Å². The number of aryl methyl sites for hydroxylation is 4. The third-order valence-corrected chi connectivity index (χ3v) is 7.24. The second-order valence-electron chi connectivity index (χ2n) is 8.48. The van der Waals surface area contributed by atoms with Gasteiger partial charge >= 0.3 is 0 Å². The lowest BCUT2D eigenvalue weighted by Crippen LogP contribution is -2.10. The van der Waals surface area contributed by atoms with Crippen LogP contribution in [0.15, 0.2) is 59.5 Å². The Morgan fingerprint density at radius 3 is 2.58 bits per heavy atom. The minimum Gasteiger partial charge on any atom is -0.437 e. The first-order valence-corrected chi connectivity index (χ1v) is 12.7. The van der Waals surface area contributed by atoms with Crippen LogP contribution in [-0.2, 0) is 19.4 Å². The number of hydrogen-bond acceptors (Lipinski definition) is 4. The largest absolute Gasteiger partial charge is 0.437 e. The number of thioether (sulfide) groups is 1. The summed E-state index contributed by atoms with van der Waals surface area (Å²) in [5.41, 5.74) is 4.58. The number of fused-ring (bicyclic) bond motifs is 3. The van der Waals surface area contributed by atoms with Crippen molar-refractivity contribution in [1.29, 1.82) is 0 Å². The number of benzene rings is 2. The molecule has 0 saturated carbocycles. The van der Waals surface area contributed by atoms with Crippen molar-refractivity contribution < 1.29 is 9.13 Å². The van der Waals surface area contributed by atoms with Crippen molar-refractivity contribution in [2.45, 2.75) is 56.9 Å². The van der Waals surface area contributed by atoms with E-state index in [9.17, 15) is 4.39 Å². The van der Waals surface area contributed by atoms with Crippen LogP contribution in [0.4, 0.5) is 4.39 Å². The van der Waals surface area contributed by atoms with Gasteiger partial charge in [0.25, 0.3) is 0 Å². The van der Waals surface area contributed by atoms with Crippen LogP contribution in [0.5, 0.6) is 11.6 Å². The van der Waals surface area contributed by atoms with Crippen LogP contribution in [0.1, 0.15) is 42.8 Å². The Hall–Kier alpha value is -2.86. The van der Waals surface area contributed by atoms with E-state index < -0.39 is 0 Å². The molecule has 170 valence electrons. The average Bonchev–Trinajstić information content (AvgIpc) is 3.17. The zero-order valence-corrected chi connectivity index (χ0v) is 19.7. The van der Waals surface area contributed by atoms with Crippen LogP contribution < -0.4 is 4.74 Å². The lowest BCUT2D eigenvalue weighted by Gasteiger charge is -2.19. The molecule has 0 spiro atoms. The van der Waals surface area contributed by atoms with Crippen molar-refractivity contribution in [2.75, 3.05) is 5.75 Å². The highest BCUT2D eigenvalue weighted by molar-refractivity contribution is 7.99.